The van der Waals surface area contributed by atoms with Gasteiger partial charge in [0.25, 0.3) is 0 Å². The highest BCUT2D eigenvalue weighted by Gasteiger charge is 2.12. The van der Waals surface area contributed by atoms with Crippen molar-refractivity contribution in [1.29, 1.82) is 0 Å². The Kier molecular flexibility index (Phi) is 1.24. The Morgan fingerprint density at radius 3 is 3.18 bits per heavy atom. The van der Waals surface area contributed by atoms with Gasteiger partial charge in [-0.05, 0) is 25.8 Å². The summed E-state index contributed by atoms with van der Waals surface area (Å²) >= 11 is 0. The Bertz CT molecular complexity index is 356. The molecule has 11 heavy (non-hydrogen) atoms. The molecule has 0 saturated carbocycles. The highest BCUT2D eigenvalue weighted by molar-refractivity contribution is 5.51. The normalized spacial score (nSPS) is 15.9. The van der Waals surface area contributed by atoms with Crippen LogP contribution in [0.2, 0.25) is 0 Å². The smallest absolute Gasteiger partial charge is 0.408 e. The van der Waals surface area contributed by atoms with Gasteiger partial charge < -0.3 is 4.42 Å². The molecule has 0 atom stereocenters. The van der Waals surface area contributed by atoms with Crippen molar-refractivity contribution in [3.05, 3.63) is 27.6 Å². The van der Waals surface area contributed by atoms with Crippen LogP contribution in [0.1, 0.15) is 24.8 Å². The van der Waals surface area contributed by atoms with E-state index >= 15 is 0 Å². The summed E-state index contributed by atoms with van der Waals surface area (Å²) in [6, 6.07) is 0. The van der Waals surface area contributed by atoms with E-state index in [1.54, 1.807) is 0 Å². The molecule has 1 aliphatic carbocycles. The van der Waals surface area contributed by atoms with E-state index in [-0.39, 0.29) is 5.76 Å². The average molecular weight is 151 g/mol. The first kappa shape index (κ1) is 6.46. The van der Waals surface area contributed by atoms with E-state index in [0.29, 0.717) is 5.76 Å². The van der Waals surface area contributed by atoms with Crippen molar-refractivity contribution < 1.29 is 4.42 Å². The van der Waals surface area contributed by atoms with E-state index in [0.717, 1.165) is 18.5 Å². The first-order valence-electron chi connectivity index (χ1n) is 3.65. The molecule has 0 amide bonds. The van der Waals surface area contributed by atoms with Crippen molar-refractivity contribution in [2.45, 2.75) is 19.8 Å². The fourth-order valence-electron chi connectivity index (χ4n) is 1.29. The van der Waals surface area contributed by atoms with Gasteiger partial charge >= 0.3 is 5.76 Å². The predicted molar refractivity (Wildman–Crippen MR) is 41.3 cm³/mol. The maximum absolute atomic E-state index is 10.7. The molecule has 2 rings (SSSR count). The summed E-state index contributed by atoms with van der Waals surface area (Å²) in [5, 5.41) is 0. The summed E-state index contributed by atoms with van der Waals surface area (Å²) in [5.74, 6) is 0.361. The number of aryl methyl sites for hydroxylation is 1. The molecule has 1 heterocycles. The number of hydrogen-bond acceptors (Lipinski definition) is 2. The Hall–Kier alpha value is -1.25. The van der Waals surface area contributed by atoms with Gasteiger partial charge in [-0.3, -0.25) is 4.98 Å². The highest BCUT2D eigenvalue weighted by Crippen LogP contribution is 2.20. The molecular formula is C8H9NO2. The van der Waals surface area contributed by atoms with Gasteiger partial charge in [0.1, 0.15) is 0 Å². The largest absolute Gasteiger partial charge is 0.417 e. The van der Waals surface area contributed by atoms with Crippen LogP contribution in [0.25, 0.3) is 6.08 Å². The monoisotopic (exact) mass is 151 g/mol. The van der Waals surface area contributed by atoms with Crippen LogP contribution in [0, 0.1) is 0 Å². The molecule has 0 saturated heterocycles. The van der Waals surface area contributed by atoms with Crippen molar-refractivity contribution >= 4 is 6.08 Å². The Labute approximate surface area is 63.7 Å². The zero-order valence-corrected chi connectivity index (χ0v) is 6.31. The van der Waals surface area contributed by atoms with Gasteiger partial charge in [-0.1, -0.05) is 5.57 Å². The van der Waals surface area contributed by atoms with E-state index in [1.807, 2.05) is 13.0 Å². The predicted octanol–water partition coefficient (Wildman–Crippen LogP) is 1.32. The molecule has 1 aromatic rings. The second-order valence-electron chi connectivity index (χ2n) is 2.85. The number of nitrogens with one attached hydrogen (secondary N) is 1. The van der Waals surface area contributed by atoms with Crippen LogP contribution in [0.3, 0.4) is 0 Å². The fourth-order valence-corrected chi connectivity index (χ4v) is 1.29. The fraction of sp³-hybridized carbons (Fsp3) is 0.375. The molecule has 0 aromatic carbocycles. The van der Waals surface area contributed by atoms with Crippen LogP contribution in [-0.4, -0.2) is 4.98 Å². The summed E-state index contributed by atoms with van der Waals surface area (Å²) < 4.78 is 4.89. The summed E-state index contributed by atoms with van der Waals surface area (Å²) in [4.78, 5) is 13.4. The molecule has 0 fully saturated rings. The zero-order valence-electron chi connectivity index (χ0n) is 6.31. The molecule has 1 aliphatic rings. The molecular weight excluding hydrogens is 142 g/mol. The number of allylic oxidation sites excluding steroid dienone is 1. The Morgan fingerprint density at radius 2 is 2.36 bits per heavy atom. The van der Waals surface area contributed by atoms with E-state index in [9.17, 15) is 4.79 Å². The quantitative estimate of drug-likeness (QED) is 0.607. The van der Waals surface area contributed by atoms with Gasteiger partial charge in [-0.15, -0.1) is 0 Å². The Morgan fingerprint density at radius 1 is 1.55 bits per heavy atom. The number of aromatic amines is 1. The van der Waals surface area contributed by atoms with E-state index in [1.165, 1.54) is 5.57 Å². The number of hydrogen-bond donors (Lipinski definition) is 1. The number of rotatable bonds is 0. The van der Waals surface area contributed by atoms with Crippen LogP contribution in [0.4, 0.5) is 0 Å². The summed E-state index contributed by atoms with van der Waals surface area (Å²) in [7, 11) is 0. The summed E-state index contributed by atoms with van der Waals surface area (Å²) in [6.07, 6.45) is 3.82. The summed E-state index contributed by atoms with van der Waals surface area (Å²) in [5.41, 5.74) is 2.20. The van der Waals surface area contributed by atoms with Gasteiger partial charge in [0.15, 0.2) is 5.76 Å². The van der Waals surface area contributed by atoms with Gasteiger partial charge in [-0.2, -0.15) is 0 Å². The topological polar surface area (TPSA) is 46.0 Å². The highest BCUT2D eigenvalue weighted by atomic mass is 16.4. The van der Waals surface area contributed by atoms with Crippen LogP contribution in [-0.2, 0) is 6.42 Å². The second kappa shape index (κ2) is 2.12. The minimum absolute atomic E-state index is 0.346. The van der Waals surface area contributed by atoms with Crippen LogP contribution in [0.5, 0.6) is 0 Å². The number of oxazole rings is 1. The lowest BCUT2D eigenvalue weighted by atomic mass is 10.0. The molecule has 3 heteroatoms. The average Bonchev–Trinajstić information content (AvgIpc) is 2.27. The number of aromatic nitrogens is 1. The minimum atomic E-state index is -0.346. The molecule has 1 N–H and O–H groups in total. The van der Waals surface area contributed by atoms with Crippen molar-refractivity contribution in [1.82, 2.24) is 4.98 Å². The SMILES string of the molecule is CC1=Cc2oc(=O)[nH]c2CC1. The maximum atomic E-state index is 10.7. The molecule has 0 radical (unpaired) electrons. The van der Waals surface area contributed by atoms with Crippen molar-refractivity contribution in [3.8, 4) is 0 Å². The molecule has 1 aromatic heterocycles. The second-order valence-corrected chi connectivity index (χ2v) is 2.85. The third-order valence-corrected chi connectivity index (χ3v) is 1.90. The Balaban J connectivity index is 2.59. The van der Waals surface area contributed by atoms with Crippen molar-refractivity contribution in [2.24, 2.45) is 0 Å². The molecule has 58 valence electrons. The van der Waals surface area contributed by atoms with Gasteiger partial charge in [0, 0.05) is 0 Å². The third-order valence-electron chi connectivity index (χ3n) is 1.90. The molecule has 0 unspecified atom stereocenters. The van der Waals surface area contributed by atoms with Gasteiger partial charge in [0.05, 0.1) is 5.69 Å². The number of H-pyrrole nitrogens is 1. The van der Waals surface area contributed by atoms with Crippen LogP contribution < -0.4 is 5.76 Å². The standard InChI is InChI=1S/C8H9NO2/c1-5-2-3-6-7(4-5)11-8(10)9-6/h4H,2-3H2,1H3,(H,9,10). The van der Waals surface area contributed by atoms with Gasteiger partial charge in [0.2, 0.25) is 0 Å². The lowest BCUT2D eigenvalue weighted by Crippen LogP contribution is -1.98. The van der Waals surface area contributed by atoms with E-state index in [2.05, 4.69) is 4.98 Å². The lowest BCUT2D eigenvalue weighted by molar-refractivity contribution is 0.504. The number of fused-ring (bicyclic) bond motifs is 1. The lowest BCUT2D eigenvalue weighted by Gasteiger charge is -2.05. The van der Waals surface area contributed by atoms with Crippen LogP contribution >= 0.6 is 0 Å². The van der Waals surface area contributed by atoms with E-state index in [4.69, 9.17) is 4.42 Å². The van der Waals surface area contributed by atoms with Crippen molar-refractivity contribution in [2.75, 3.05) is 0 Å². The maximum Gasteiger partial charge on any atom is 0.417 e. The van der Waals surface area contributed by atoms with Gasteiger partial charge in [-0.25, -0.2) is 4.79 Å². The zero-order chi connectivity index (χ0) is 7.84. The first-order valence-corrected chi connectivity index (χ1v) is 3.65. The van der Waals surface area contributed by atoms with Crippen molar-refractivity contribution in [3.63, 3.8) is 0 Å². The molecule has 0 spiro atoms. The molecule has 3 nitrogen and oxygen atoms in total. The van der Waals surface area contributed by atoms with E-state index < -0.39 is 0 Å². The van der Waals surface area contributed by atoms with Crippen LogP contribution in [0.15, 0.2) is 14.8 Å². The minimum Gasteiger partial charge on any atom is -0.408 e. The first-order chi connectivity index (χ1) is 5.25. The molecule has 0 bridgehead atoms. The summed E-state index contributed by atoms with van der Waals surface area (Å²) in [6.45, 7) is 2.04. The molecule has 0 aliphatic heterocycles. The third kappa shape index (κ3) is 1.02.